The SMILES string of the molecule is CCN(CC)CCCNc1nc(N)nc2nc3c(c(=O)n(C)c(=O)n3C)n12. The predicted molar refractivity (Wildman–Crippen MR) is 104 cm³/mol. The van der Waals surface area contributed by atoms with E-state index in [1.54, 1.807) is 7.05 Å². The van der Waals surface area contributed by atoms with Crippen LogP contribution in [0.25, 0.3) is 16.9 Å². The summed E-state index contributed by atoms with van der Waals surface area (Å²) in [6, 6.07) is 0. The van der Waals surface area contributed by atoms with Gasteiger partial charge in [-0.25, -0.2) is 9.20 Å². The lowest BCUT2D eigenvalue weighted by Gasteiger charge is -2.18. The third-order valence-electron chi connectivity index (χ3n) is 4.72. The average Bonchev–Trinajstić information content (AvgIpc) is 3.04. The van der Waals surface area contributed by atoms with Crippen LogP contribution in [0.5, 0.6) is 0 Å². The number of nitrogen functional groups attached to an aromatic ring is 1. The Morgan fingerprint density at radius 1 is 1.07 bits per heavy atom. The number of nitrogens with zero attached hydrogens (tertiary/aromatic N) is 7. The van der Waals surface area contributed by atoms with Crippen molar-refractivity contribution < 1.29 is 0 Å². The standard InChI is InChI=1S/C16H25N9O2/c1-5-24(6-2)9-7-8-18-14-20-13(17)21-15-19-11-10(25(14)15)12(26)23(4)16(27)22(11)3/h5-9H2,1-4H3,(H3,17,18,19,20,21). The first-order valence-electron chi connectivity index (χ1n) is 8.96. The molecule has 11 nitrogen and oxygen atoms in total. The molecule has 3 rings (SSSR count). The molecule has 0 aliphatic heterocycles. The van der Waals surface area contributed by atoms with Gasteiger partial charge in [0.25, 0.3) is 5.56 Å². The fourth-order valence-electron chi connectivity index (χ4n) is 3.11. The van der Waals surface area contributed by atoms with Crippen LogP contribution in [-0.2, 0) is 14.1 Å². The second-order valence-electron chi connectivity index (χ2n) is 6.34. The van der Waals surface area contributed by atoms with E-state index in [0.717, 1.165) is 30.6 Å². The van der Waals surface area contributed by atoms with E-state index in [1.165, 1.54) is 16.0 Å². The Labute approximate surface area is 155 Å². The Kier molecular flexibility index (Phi) is 5.13. The van der Waals surface area contributed by atoms with E-state index in [1.807, 2.05) is 0 Å². The number of fused-ring (bicyclic) bond motifs is 3. The zero-order chi connectivity index (χ0) is 19.7. The Morgan fingerprint density at radius 2 is 1.78 bits per heavy atom. The van der Waals surface area contributed by atoms with Crippen LogP contribution in [0.3, 0.4) is 0 Å². The molecule has 27 heavy (non-hydrogen) atoms. The van der Waals surface area contributed by atoms with E-state index in [4.69, 9.17) is 5.73 Å². The van der Waals surface area contributed by atoms with Crippen molar-refractivity contribution in [2.75, 3.05) is 37.2 Å². The van der Waals surface area contributed by atoms with Crippen molar-refractivity contribution in [1.29, 1.82) is 0 Å². The minimum atomic E-state index is -0.458. The first-order valence-corrected chi connectivity index (χ1v) is 8.96. The van der Waals surface area contributed by atoms with Gasteiger partial charge in [0, 0.05) is 20.6 Å². The lowest BCUT2D eigenvalue weighted by molar-refractivity contribution is 0.303. The molecule has 0 radical (unpaired) electrons. The number of aryl methyl sites for hydroxylation is 1. The highest BCUT2D eigenvalue weighted by atomic mass is 16.2. The molecule has 0 spiro atoms. The molecular formula is C16H25N9O2. The van der Waals surface area contributed by atoms with Crippen molar-refractivity contribution in [3.05, 3.63) is 20.8 Å². The number of aromatic nitrogens is 6. The Bertz CT molecular complexity index is 1090. The first-order chi connectivity index (χ1) is 12.9. The number of anilines is 2. The molecule has 11 heteroatoms. The quantitative estimate of drug-likeness (QED) is 0.524. The minimum Gasteiger partial charge on any atom is -0.368 e. The van der Waals surface area contributed by atoms with Crippen LogP contribution in [0, 0.1) is 0 Å². The Hall–Kier alpha value is -2.95. The molecule has 0 aliphatic rings. The van der Waals surface area contributed by atoms with Crippen LogP contribution in [0.1, 0.15) is 20.3 Å². The Morgan fingerprint density at radius 3 is 2.44 bits per heavy atom. The van der Waals surface area contributed by atoms with Crippen LogP contribution in [0.15, 0.2) is 9.59 Å². The van der Waals surface area contributed by atoms with E-state index in [-0.39, 0.29) is 22.9 Å². The maximum Gasteiger partial charge on any atom is 0.332 e. The fourth-order valence-corrected chi connectivity index (χ4v) is 3.11. The molecule has 3 heterocycles. The van der Waals surface area contributed by atoms with Gasteiger partial charge in [0.05, 0.1) is 0 Å². The summed E-state index contributed by atoms with van der Waals surface area (Å²) in [6.45, 7) is 7.85. The summed E-state index contributed by atoms with van der Waals surface area (Å²) in [7, 11) is 2.99. The average molecular weight is 375 g/mol. The summed E-state index contributed by atoms with van der Waals surface area (Å²) in [5.41, 5.74) is 5.37. The molecule has 3 aromatic rings. The van der Waals surface area contributed by atoms with E-state index in [0.29, 0.717) is 12.5 Å². The summed E-state index contributed by atoms with van der Waals surface area (Å²) in [6.07, 6.45) is 0.899. The summed E-state index contributed by atoms with van der Waals surface area (Å²) in [4.78, 5) is 39.8. The van der Waals surface area contributed by atoms with Crippen LogP contribution >= 0.6 is 0 Å². The highest BCUT2D eigenvalue weighted by Gasteiger charge is 2.19. The number of nitrogens with one attached hydrogen (secondary N) is 1. The van der Waals surface area contributed by atoms with Gasteiger partial charge in [0.15, 0.2) is 11.2 Å². The smallest absolute Gasteiger partial charge is 0.332 e. The van der Waals surface area contributed by atoms with Gasteiger partial charge in [0.1, 0.15) is 0 Å². The van der Waals surface area contributed by atoms with Gasteiger partial charge in [-0.1, -0.05) is 13.8 Å². The number of nitrogens with two attached hydrogens (primary N) is 1. The Balaban J connectivity index is 2.05. The van der Waals surface area contributed by atoms with Crippen molar-refractivity contribution in [2.45, 2.75) is 20.3 Å². The van der Waals surface area contributed by atoms with Gasteiger partial charge in [-0.3, -0.25) is 13.9 Å². The molecule has 0 bridgehead atoms. The molecule has 0 aliphatic carbocycles. The van der Waals surface area contributed by atoms with E-state index >= 15 is 0 Å². The molecule has 0 saturated carbocycles. The van der Waals surface area contributed by atoms with Crippen LogP contribution in [-0.4, -0.2) is 59.6 Å². The molecule has 0 fully saturated rings. The lowest BCUT2D eigenvalue weighted by atomic mass is 10.3. The highest BCUT2D eigenvalue weighted by Crippen LogP contribution is 2.16. The molecule has 0 aromatic carbocycles. The van der Waals surface area contributed by atoms with Crippen molar-refractivity contribution in [3.8, 4) is 0 Å². The number of hydrogen-bond donors (Lipinski definition) is 2. The largest absolute Gasteiger partial charge is 0.368 e. The molecule has 0 saturated heterocycles. The third kappa shape index (κ3) is 3.25. The van der Waals surface area contributed by atoms with Gasteiger partial charge < -0.3 is 16.0 Å². The molecular weight excluding hydrogens is 350 g/mol. The summed E-state index contributed by atoms with van der Waals surface area (Å²) >= 11 is 0. The lowest BCUT2D eigenvalue weighted by Crippen LogP contribution is -2.37. The minimum absolute atomic E-state index is 0.0471. The molecule has 0 atom stereocenters. The van der Waals surface area contributed by atoms with Gasteiger partial charge in [-0.15, -0.1) is 0 Å². The van der Waals surface area contributed by atoms with Crippen molar-refractivity contribution >= 4 is 28.8 Å². The normalized spacial score (nSPS) is 11.7. The van der Waals surface area contributed by atoms with Gasteiger partial charge >= 0.3 is 5.69 Å². The van der Waals surface area contributed by atoms with E-state index < -0.39 is 11.2 Å². The van der Waals surface area contributed by atoms with Crippen LogP contribution in [0.2, 0.25) is 0 Å². The number of imidazole rings is 1. The number of rotatable bonds is 7. The van der Waals surface area contributed by atoms with Crippen LogP contribution < -0.4 is 22.3 Å². The first kappa shape index (κ1) is 18.8. The van der Waals surface area contributed by atoms with E-state index in [2.05, 4.69) is 39.0 Å². The summed E-state index contributed by atoms with van der Waals surface area (Å²) in [5.74, 6) is 0.656. The molecule has 0 unspecified atom stereocenters. The van der Waals surface area contributed by atoms with Gasteiger partial charge in [-0.05, 0) is 26.1 Å². The molecule has 0 amide bonds. The van der Waals surface area contributed by atoms with E-state index in [9.17, 15) is 9.59 Å². The number of hydrogen-bond acceptors (Lipinski definition) is 8. The second kappa shape index (κ2) is 7.35. The molecule has 3 N–H and O–H groups in total. The third-order valence-corrected chi connectivity index (χ3v) is 4.72. The zero-order valence-corrected chi connectivity index (χ0v) is 16.1. The predicted octanol–water partition coefficient (Wildman–Crippen LogP) is -0.599. The zero-order valence-electron chi connectivity index (χ0n) is 16.1. The van der Waals surface area contributed by atoms with Gasteiger partial charge in [0.2, 0.25) is 17.7 Å². The van der Waals surface area contributed by atoms with Crippen molar-refractivity contribution in [1.82, 2.24) is 33.4 Å². The summed E-state index contributed by atoms with van der Waals surface area (Å²) in [5, 5.41) is 3.22. The second-order valence-corrected chi connectivity index (χ2v) is 6.34. The van der Waals surface area contributed by atoms with Gasteiger partial charge in [-0.2, -0.15) is 15.0 Å². The summed E-state index contributed by atoms with van der Waals surface area (Å²) < 4.78 is 3.87. The highest BCUT2D eigenvalue weighted by molar-refractivity contribution is 5.77. The topological polar surface area (TPSA) is 128 Å². The fraction of sp³-hybridized carbons (Fsp3) is 0.562. The monoisotopic (exact) mass is 375 g/mol. The van der Waals surface area contributed by atoms with Crippen molar-refractivity contribution in [2.24, 2.45) is 14.1 Å². The van der Waals surface area contributed by atoms with Crippen molar-refractivity contribution in [3.63, 3.8) is 0 Å². The maximum atomic E-state index is 12.7. The maximum absolute atomic E-state index is 12.7. The van der Waals surface area contributed by atoms with Crippen LogP contribution in [0.4, 0.5) is 11.9 Å². The molecule has 146 valence electrons. The molecule has 3 aromatic heterocycles.